The van der Waals surface area contributed by atoms with Crippen LogP contribution in [0.3, 0.4) is 0 Å². The minimum Gasteiger partial charge on any atom is -0.398 e. The van der Waals surface area contributed by atoms with E-state index in [4.69, 9.17) is 10.7 Å². The van der Waals surface area contributed by atoms with Crippen LogP contribution in [0.5, 0.6) is 0 Å². The third-order valence-corrected chi connectivity index (χ3v) is 5.34. The highest BCUT2D eigenvalue weighted by Crippen LogP contribution is 2.30. The van der Waals surface area contributed by atoms with Crippen LogP contribution in [0.1, 0.15) is 44.9 Å². The monoisotopic (exact) mass is 348 g/mol. The van der Waals surface area contributed by atoms with Crippen LogP contribution in [0, 0.1) is 0 Å². The normalized spacial score (nSPS) is 15.8. The second-order valence-corrected chi connectivity index (χ2v) is 8.41. The van der Waals surface area contributed by atoms with Crippen molar-refractivity contribution < 1.29 is 0 Å². The number of nitrogens with zero attached hydrogens (tertiary/aromatic N) is 3. The van der Waals surface area contributed by atoms with E-state index in [0.717, 1.165) is 36.7 Å². The van der Waals surface area contributed by atoms with Crippen molar-refractivity contribution in [3.8, 4) is 11.3 Å². The predicted octanol–water partition coefficient (Wildman–Crippen LogP) is 4.48. The van der Waals surface area contributed by atoms with Gasteiger partial charge in [-0.05, 0) is 49.0 Å². The van der Waals surface area contributed by atoms with Gasteiger partial charge in [0.15, 0.2) is 0 Å². The maximum atomic E-state index is 6.05. The number of benzene rings is 1. The molecule has 1 aromatic carbocycles. The summed E-state index contributed by atoms with van der Waals surface area (Å²) >= 11 is 0. The number of fused-ring (bicyclic) bond motifs is 1. The first-order valence-electron chi connectivity index (χ1n) is 9.51. The number of nitrogens with two attached hydrogens (primary N) is 1. The number of pyridine rings is 1. The summed E-state index contributed by atoms with van der Waals surface area (Å²) in [5, 5.41) is 0. The first-order chi connectivity index (χ1) is 12.4. The Morgan fingerprint density at radius 1 is 1.00 bits per heavy atom. The number of imidazole rings is 1. The van der Waals surface area contributed by atoms with Crippen LogP contribution in [0.4, 0.5) is 5.69 Å². The summed E-state index contributed by atoms with van der Waals surface area (Å²) in [6.45, 7) is 9.98. The van der Waals surface area contributed by atoms with Crippen molar-refractivity contribution in [2.24, 2.45) is 0 Å². The Labute approximate surface area is 155 Å². The number of hydrogen-bond acceptors (Lipinski definition) is 3. The fraction of sp³-hybridized carbons (Fsp3) is 0.409. The Morgan fingerprint density at radius 3 is 2.35 bits per heavy atom. The standard InChI is InChI=1S/C22H28N4/c1-22(2,3)17-8-6-16(7-9-17)21-19(15-25-12-4-5-13-25)26-14-18(23)10-11-20(26)24-21/h6-11,14H,4-5,12-13,15,23H2,1-3H3. The van der Waals surface area contributed by atoms with Crippen molar-refractivity contribution in [1.29, 1.82) is 0 Å². The lowest BCUT2D eigenvalue weighted by Crippen LogP contribution is -2.20. The van der Waals surface area contributed by atoms with E-state index in [1.54, 1.807) is 0 Å². The molecule has 2 N–H and O–H groups in total. The molecule has 0 bridgehead atoms. The van der Waals surface area contributed by atoms with E-state index in [0.29, 0.717) is 0 Å². The molecular formula is C22H28N4. The molecule has 0 spiro atoms. The molecule has 1 aliphatic rings. The fourth-order valence-electron chi connectivity index (χ4n) is 3.77. The molecule has 0 aliphatic carbocycles. The molecule has 3 aromatic rings. The zero-order valence-corrected chi connectivity index (χ0v) is 16.0. The fourth-order valence-corrected chi connectivity index (χ4v) is 3.77. The van der Waals surface area contributed by atoms with Gasteiger partial charge in [-0.15, -0.1) is 0 Å². The summed E-state index contributed by atoms with van der Waals surface area (Å²) in [6.07, 6.45) is 4.57. The van der Waals surface area contributed by atoms with Crippen LogP contribution in [-0.2, 0) is 12.0 Å². The Hall–Kier alpha value is -2.33. The summed E-state index contributed by atoms with van der Waals surface area (Å²) in [4.78, 5) is 7.45. The minimum atomic E-state index is 0.157. The average Bonchev–Trinajstić information content (AvgIpc) is 3.23. The summed E-state index contributed by atoms with van der Waals surface area (Å²) in [6, 6.07) is 12.8. The molecule has 0 atom stereocenters. The molecule has 1 fully saturated rings. The van der Waals surface area contributed by atoms with Crippen LogP contribution in [-0.4, -0.2) is 27.4 Å². The van der Waals surface area contributed by atoms with Crippen molar-refractivity contribution in [2.45, 2.75) is 45.6 Å². The van der Waals surface area contributed by atoms with Crippen molar-refractivity contribution in [1.82, 2.24) is 14.3 Å². The number of aromatic nitrogens is 2. The van der Waals surface area contributed by atoms with Gasteiger partial charge >= 0.3 is 0 Å². The Balaban J connectivity index is 1.80. The van der Waals surface area contributed by atoms with Gasteiger partial charge in [-0.1, -0.05) is 45.0 Å². The lowest BCUT2D eigenvalue weighted by atomic mass is 9.86. The van der Waals surface area contributed by atoms with E-state index in [9.17, 15) is 0 Å². The molecule has 4 heteroatoms. The molecule has 136 valence electrons. The molecule has 26 heavy (non-hydrogen) atoms. The van der Waals surface area contributed by atoms with Crippen molar-refractivity contribution in [2.75, 3.05) is 18.8 Å². The summed E-state index contributed by atoms with van der Waals surface area (Å²) in [7, 11) is 0. The molecule has 0 saturated carbocycles. The number of nitrogen functional groups attached to an aromatic ring is 1. The summed E-state index contributed by atoms with van der Waals surface area (Å²) in [5.74, 6) is 0. The van der Waals surface area contributed by atoms with Gasteiger partial charge in [-0.25, -0.2) is 4.98 Å². The number of hydrogen-bond donors (Lipinski definition) is 1. The van der Waals surface area contributed by atoms with Gasteiger partial charge in [-0.2, -0.15) is 0 Å². The molecule has 2 aromatic heterocycles. The number of likely N-dealkylation sites (tertiary alicyclic amines) is 1. The second kappa shape index (κ2) is 6.44. The highest BCUT2D eigenvalue weighted by molar-refractivity contribution is 5.68. The first kappa shape index (κ1) is 17.1. The molecule has 0 unspecified atom stereocenters. The first-order valence-corrected chi connectivity index (χ1v) is 9.51. The Kier molecular flexibility index (Phi) is 4.23. The van der Waals surface area contributed by atoms with Crippen molar-refractivity contribution in [3.63, 3.8) is 0 Å². The van der Waals surface area contributed by atoms with Gasteiger partial charge in [0.2, 0.25) is 0 Å². The Morgan fingerprint density at radius 2 is 1.69 bits per heavy atom. The smallest absolute Gasteiger partial charge is 0.137 e. The highest BCUT2D eigenvalue weighted by Gasteiger charge is 2.20. The highest BCUT2D eigenvalue weighted by atomic mass is 15.2. The van der Waals surface area contributed by atoms with Gasteiger partial charge < -0.3 is 10.1 Å². The van der Waals surface area contributed by atoms with E-state index in [1.807, 2.05) is 18.3 Å². The molecule has 3 heterocycles. The van der Waals surface area contributed by atoms with Gasteiger partial charge in [0.1, 0.15) is 5.65 Å². The quantitative estimate of drug-likeness (QED) is 0.759. The number of anilines is 1. The maximum Gasteiger partial charge on any atom is 0.137 e. The van der Waals surface area contributed by atoms with Crippen LogP contribution in [0.2, 0.25) is 0 Å². The van der Waals surface area contributed by atoms with Crippen LogP contribution < -0.4 is 5.73 Å². The lowest BCUT2D eigenvalue weighted by molar-refractivity contribution is 0.327. The molecule has 0 amide bonds. The topological polar surface area (TPSA) is 46.6 Å². The van der Waals surface area contributed by atoms with Crippen molar-refractivity contribution >= 4 is 11.3 Å². The van der Waals surface area contributed by atoms with E-state index in [2.05, 4.69) is 54.3 Å². The average molecular weight is 348 g/mol. The van der Waals surface area contributed by atoms with Crippen LogP contribution >= 0.6 is 0 Å². The van der Waals surface area contributed by atoms with Gasteiger partial charge in [0.25, 0.3) is 0 Å². The molecule has 4 rings (SSSR count). The third-order valence-electron chi connectivity index (χ3n) is 5.34. The zero-order chi connectivity index (χ0) is 18.3. The van der Waals surface area contributed by atoms with E-state index >= 15 is 0 Å². The number of rotatable bonds is 3. The van der Waals surface area contributed by atoms with E-state index in [-0.39, 0.29) is 5.41 Å². The zero-order valence-electron chi connectivity index (χ0n) is 16.0. The largest absolute Gasteiger partial charge is 0.398 e. The Bertz CT molecular complexity index is 910. The van der Waals surface area contributed by atoms with E-state index < -0.39 is 0 Å². The van der Waals surface area contributed by atoms with Gasteiger partial charge in [-0.3, -0.25) is 4.90 Å². The van der Waals surface area contributed by atoms with Crippen molar-refractivity contribution in [3.05, 3.63) is 53.9 Å². The molecule has 4 nitrogen and oxygen atoms in total. The summed E-state index contributed by atoms with van der Waals surface area (Å²) in [5.41, 5.74) is 12.8. The molecule has 1 saturated heterocycles. The minimum absolute atomic E-state index is 0.157. The SMILES string of the molecule is CC(C)(C)c1ccc(-c2nc3ccc(N)cn3c2CN2CCCC2)cc1. The predicted molar refractivity (Wildman–Crippen MR) is 108 cm³/mol. The van der Waals surface area contributed by atoms with E-state index in [1.165, 1.54) is 29.7 Å². The lowest BCUT2D eigenvalue weighted by Gasteiger charge is -2.19. The van der Waals surface area contributed by atoms with Crippen LogP contribution in [0.15, 0.2) is 42.6 Å². The molecule has 1 aliphatic heterocycles. The molecule has 0 radical (unpaired) electrons. The van der Waals surface area contributed by atoms with Gasteiger partial charge in [0.05, 0.1) is 11.4 Å². The second-order valence-electron chi connectivity index (χ2n) is 8.41. The maximum absolute atomic E-state index is 6.05. The third kappa shape index (κ3) is 3.21. The molecular weight excluding hydrogens is 320 g/mol. The van der Waals surface area contributed by atoms with Gasteiger partial charge in [0, 0.05) is 24.0 Å². The summed E-state index contributed by atoms with van der Waals surface area (Å²) < 4.78 is 2.17. The van der Waals surface area contributed by atoms with Crippen LogP contribution in [0.25, 0.3) is 16.9 Å².